The van der Waals surface area contributed by atoms with Crippen LogP contribution in [0.25, 0.3) is 0 Å². The predicted octanol–water partition coefficient (Wildman–Crippen LogP) is 2.50. The van der Waals surface area contributed by atoms with Crippen LogP contribution in [0.1, 0.15) is 27.9 Å². The average molecular weight is 228 g/mol. The van der Waals surface area contributed by atoms with E-state index in [1.54, 1.807) is 11.3 Å². The number of Topliss-reactive ketones (excluding diaryl/α,β-unsaturated/α-hetero) is 1. The smallest absolute Gasteiger partial charge is 0.177 e. The summed E-state index contributed by atoms with van der Waals surface area (Å²) in [5, 5.41) is 0. The summed E-state index contributed by atoms with van der Waals surface area (Å²) in [6.07, 6.45) is 0.803. The normalized spacial score (nSPS) is 10.9. The minimum absolute atomic E-state index is 0.0772. The number of ketones is 1. The molecule has 0 unspecified atom stereocenters. The summed E-state index contributed by atoms with van der Waals surface area (Å²) >= 11 is 1.54. The van der Waals surface area contributed by atoms with Crippen LogP contribution in [0.15, 0.2) is 12.1 Å². The number of thiophene rings is 1. The quantitative estimate of drug-likeness (QED) is 0.554. The lowest BCUT2D eigenvalue weighted by Crippen LogP contribution is -2.17. The Bertz CT molecular complexity index is 315. The maximum absolute atomic E-state index is 11.8. The molecule has 0 saturated carbocycles. The summed E-state index contributed by atoms with van der Waals surface area (Å²) < 4.78 is 9.97. The number of methoxy groups -OCH3 is 2. The van der Waals surface area contributed by atoms with Gasteiger partial charge in [-0.25, -0.2) is 0 Å². The maximum Gasteiger partial charge on any atom is 0.177 e. The Hall–Kier alpha value is -0.710. The van der Waals surface area contributed by atoms with Crippen LogP contribution in [0, 0.1) is 0 Å². The van der Waals surface area contributed by atoms with E-state index in [1.807, 2.05) is 12.1 Å². The molecule has 1 rings (SSSR count). The van der Waals surface area contributed by atoms with E-state index in [-0.39, 0.29) is 12.2 Å². The van der Waals surface area contributed by atoms with Crippen molar-refractivity contribution in [3.8, 4) is 0 Å². The number of hydrogen-bond acceptors (Lipinski definition) is 4. The van der Waals surface area contributed by atoms with Gasteiger partial charge in [0.05, 0.1) is 11.3 Å². The van der Waals surface area contributed by atoms with Crippen molar-refractivity contribution >= 4 is 17.1 Å². The standard InChI is InChI=1S/C11H16O3S/c1-4-8-5-6-10(15-8)9(12)7-11(13-2)14-3/h5-6,11H,4,7H2,1-3H3. The number of carbonyl (C=O) groups is 1. The zero-order valence-electron chi connectivity index (χ0n) is 9.28. The summed E-state index contributed by atoms with van der Waals surface area (Å²) in [6.45, 7) is 2.08. The fourth-order valence-electron chi connectivity index (χ4n) is 1.23. The monoisotopic (exact) mass is 228 g/mol. The summed E-state index contributed by atoms with van der Waals surface area (Å²) in [5.41, 5.74) is 0. The van der Waals surface area contributed by atoms with Gasteiger partial charge in [0.2, 0.25) is 0 Å². The SMILES string of the molecule is CCc1ccc(C(=O)CC(OC)OC)s1. The van der Waals surface area contributed by atoms with Gasteiger partial charge in [0.25, 0.3) is 0 Å². The van der Waals surface area contributed by atoms with E-state index in [9.17, 15) is 4.79 Å². The van der Waals surface area contributed by atoms with E-state index in [2.05, 4.69) is 6.92 Å². The highest BCUT2D eigenvalue weighted by Crippen LogP contribution is 2.19. The molecule has 15 heavy (non-hydrogen) atoms. The second-order valence-electron chi connectivity index (χ2n) is 3.15. The van der Waals surface area contributed by atoms with Crippen molar-refractivity contribution in [2.24, 2.45) is 0 Å². The molecule has 0 atom stereocenters. The first-order valence-electron chi connectivity index (χ1n) is 4.88. The molecule has 0 radical (unpaired) electrons. The van der Waals surface area contributed by atoms with Gasteiger partial charge in [-0.1, -0.05) is 6.92 Å². The van der Waals surface area contributed by atoms with Gasteiger partial charge in [0.15, 0.2) is 12.1 Å². The zero-order valence-corrected chi connectivity index (χ0v) is 10.1. The van der Waals surface area contributed by atoms with Crippen molar-refractivity contribution in [1.29, 1.82) is 0 Å². The van der Waals surface area contributed by atoms with Gasteiger partial charge in [0, 0.05) is 19.1 Å². The van der Waals surface area contributed by atoms with Crippen LogP contribution >= 0.6 is 11.3 Å². The van der Waals surface area contributed by atoms with Gasteiger partial charge in [-0.2, -0.15) is 0 Å². The fraction of sp³-hybridized carbons (Fsp3) is 0.545. The number of ether oxygens (including phenoxy) is 2. The van der Waals surface area contributed by atoms with Gasteiger partial charge >= 0.3 is 0 Å². The fourth-order valence-corrected chi connectivity index (χ4v) is 2.13. The van der Waals surface area contributed by atoms with Crippen LogP contribution in [-0.4, -0.2) is 26.3 Å². The highest BCUT2D eigenvalue weighted by molar-refractivity contribution is 7.14. The van der Waals surface area contributed by atoms with Crippen molar-refractivity contribution in [2.75, 3.05) is 14.2 Å². The number of hydrogen-bond donors (Lipinski definition) is 0. The molecule has 0 aliphatic rings. The third-order valence-electron chi connectivity index (χ3n) is 2.16. The molecule has 0 aliphatic heterocycles. The third-order valence-corrected chi connectivity index (χ3v) is 3.43. The Kier molecular flexibility index (Phi) is 4.94. The van der Waals surface area contributed by atoms with Gasteiger partial charge < -0.3 is 9.47 Å². The van der Waals surface area contributed by atoms with Crippen LogP contribution in [0.3, 0.4) is 0 Å². The molecular formula is C11H16O3S. The molecule has 0 N–H and O–H groups in total. The molecule has 0 aromatic carbocycles. The van der Waals surface area contributed by atoms with E-state index in [0.29, 0.717) is 0 Å². The first kappa shape index (κ1) is 12.4. The lowest BCUT2D eigenvalue weighted by Gasteiger charge is -2.11. The lowest BCUT2D eigenvalue weighted by atomic mass is 10.2. The molecule has 84 valence electrons. The first-order chi connectivity index (χ1) is 7.21. The zero-order chi connectivity index (χ0) is 11.3. The molecule has 0 spiro atoms. The van der Waals surface area contributed by atoms with Crippen molar-refractivity contribution in [1.82, 2.24) is 0 Å². The topological polar surface area (TPSA) is 35.5 Å². The van der Waals surface area contributed by atoms with Gasteiger partial charge in [-0.3, -0.25) is 4.79 Å². The van der Waals surface area contributed by atoms with Crippen molar-refractivity contribution < 1.29 is 14.3 Å². The number of aryl methyl sites for hydroxylation is 1. The van der Waals surface area contributed by atoms with E-state index in [1.165, 1.54) is 19.1 Å². The summed E-state index contributed by atoms with van der Waals surface area (Å²) in [4.78, 5) is 13.8. The Morgan fingerprint density at radius 1 is 1.40 bits per heavy atom. The lowest BCUT2D eigenvalue weighted by molar-refractivity contribution is -0.0992. The van der Waals surface area contributed by atoms with Crippen LogP contribution in [0.5, 0.6) is 0 Å². The molecule has 0 bridgehead atoms. The summed E-state index contributed by atoms with van der Waals surface area (Å²) in [5.74, 6) is 0.0772. The van der Waals surface area contributed by atoms with Gasteiger partial charge in [-0.05, 0) is 18.6 Å². The largest absolute Gasteiger partial charge is 0.355 e. The highest BCUT2D eigenvalue weighted by atomic mass is 32.1. The van der Waals surface area contributed by atoms with Gasteiger partial charge in [-0.15, -0.1) is 11.3 Å². The predicted molar refractivity (Wildman–Crippen MR) is 60.5 cm³/mol. The highest BCUT2D eigenvalue weighted by Gasteiger charge is 2.15. The third kappa shape index (κ3) is 3.41. The molecule has 0 saturated heterocycles. The minimum Gasteiger partial charge on any atom is -0.355 e. The molecule has 1 heterocycles. The Balaban J connectivity index is 2.60. The average Bonchev–Trinajstić information content (AvgIpc) is 2.74. The van der Waals surface area contributed by atoms with E-state index < -0.39 is 6.29 Å². The Labute approximate surface area is 94.0 Å². The minimum atomic E-state index is -0.440. The van der Waals surface area contributed by atoms with E-state index >= 15 is 0 Å². The Morgan fingerprint density at radius 2 is 2.07 bits per heavy atom. The molecular weight excluding hydrogens is 212 g/mol. The second-order valence-corrected chi connectivity index (χ2v) is 4.32. The second kappa shape index (κ2) is 6.00. The summed E-state index contributed by atoms with van der Waals surface area (Å²) in [7, 11) is 3.07. The van der Waals surface area contributed by atoms with Crippen molar-refractivity contribution in [3.05, 3.63) is 21.9 Å². The molecule has 0 amide bonds. The number of carbonyl (C=O) groups excluding carboxylic acids is 1. The maximum atomic E-state index is 11.8. The van der Waals surface area contributed by atoms with E-state index in [0.717, 1.165) is 11.3 Å². The van der Waals surface area contributed by atoms with Crippen LogP contribution in [-0.2, 0) is 15.9 Å². The molecule has 0 fully saturated rings. The van der Waals surface area contributed by atoms with Crippen molar-refractivity contribution in [2.45, 2.75) is 26.1 Å². The van der Waals surface area contributed by atoms with Crippen LogP contribution in [0.2, 0.25) is 0 Å². The van der Waals surface area contributed by atoms with Gasteiger partial charge in [0.1, 0.15) is 0 Å². The molecule has 0 aliphatic carbocycles. The molecule has 3 nitrogen and oxygen atoms in total. The first-order valence-corrected chi connectivity index (χ1v) is 5.70. The molecule has 1 aromatic heterocycles. The van der Waals surface area contributed by atoms with E-state index in [4.69, 9.17) is 9.47 Å². The van der Waals surface area contributed by atoms with Crippen LogP contribution in [0.4, 0.5) is 0 Å². The van der Waals surface area contributed by atoms with Crippen LogP contribution < -0.4 is 0 Å². The molecule has 4 heteroatoms. The Morgan fingerprint density at radius 3 is 2.53 bits per heavy atom. The number of rotatable bonds is 6. The molecule has 1 aromatic rings. The van der Waals surface area contributed by atoms with Crippen molar-refractivity contribution in [3.63, 3.8) is 0 Å². The summed E-state index contributed by atoms with van der Waals surface area (Å²) in [6, 6.07) is 3.86.